The summed E-state index contributed by atoms with van der Waals surface area (Å²) < 4.78 is 2.36. The molecule has 0 saturated carbocycles. The van der Waals surface area contributed by atoms with E-state index >= 15 is 0 Å². The van der Waals surface area contributed by atoms with Crippen LogP contribution in [-0.2, 0) is 0 Å². The fourth-order valence-corrected chi connectivity index (χ4v) is 8.92. The van der Waals surface area contributed by atoms with E-state index in [2.05, 4.69) is 266 Å². The molecule has 1 aromatic heterocycles. The Bertz CT molecular complexity index is 3200. The predicted octanol–water partition coefficient (Wildman–Crippen LogP) is 17.0. The third kappa shape index (κ3) is 7.69. The minimum atomic E-state index is 1.11. The molecule has 0 spiro atoms. The molecule has 11 aromatic rings. The van der Waals surface area contributed by atoms with Gasteiger partial charge in [-0.25, -0.2) is 0 Å². The summed E-state index contributed by atoms with van der Waals surface area (Å²) in [6, 6.07) is 92.4. The monoisotopic (exact) mass is 801 g/mol. The molecule has 0 amide bonds. The normalized spacial score (nSPS) is 11.2. The lowest BCUT2D eigenvalue weighted by molar-refractivity contribution is 1.13. The van der Waals surface area contributed by atoms with Crippen molar-refractivity contribution in [1.82, 2.24) is 4.57 Å². The molecular formula is C62H43N. The molecule has 1 nitrogen and oxygen atoms in total. The molecule has 11 rings (SSSR count). The van der Waals surface area contributed by atoms with Crippen molar-refractivity contribution in [3.8, 4) is 94.7 Å². The van der Waals surface area contributed by atoms with Crippen LogP contribution in [0.2, 0.25) is 0 Å². The molecule has 0 aliphatic heterocycles. The number of benzene rings is 10. The Morgan fingerprint density at radius 3 is 0.873 bits per heavy atom. The van der Waals surface area contributed by atoms with E-state index in [9.17, 15) is 0 Å². The average molecular weight is 802 g/mol. The van der Waals surface area contributed by atoms with E-state index in [0.717, 1.165) is 11.2 Å². The van der Waals surface area contributed by atoms with E-state index in [0.29, 0.717) is 0 Å². The lowest BCUT2D eigenvalue weighted by atomic mass is 9.91. The van der Waals surface area contributed by atoms with E-state index in [1.165, 1.54) is 94.4 Å². The van der Waals surface area contributed by atoms with Gasteiger partial charge in [0.1, 0.15) is 0 Å². The van der Waals surface area contributed by atoms with Gasteiger partial charge in [0.2, 0.25) is 0 Å². The van der Waals surface area contributed by atoms with Crippen molar-refractivity contribution in [2.24, 2.45) is 0 Å². The molecule has 1 heteroatoms. The summed E-state index contributed by atoms with van der Waals surface area (Å²) in [7, 11) is 0. The van der Waals surface area contributed by atoms with E-state index in [1.807, 2.05) is 0 Å². The van der Waals surface area contributed by atoms with Gasteiger partial charge in [-0.3, -0.25) is 0 Å². The first-order chi connectivity index (χ1) is 31.2. The van der Waals surface area contributed by atoms with Crippen molar-refractivity contribution < 1.29 is 0 Å². The quantitative estimate of drug-likeness (QED) is 0.137. The summed E-state index contributed by atoms with van der Waals surface area (Å²) in [5.41, 5.74) is 21.4. The summed E-state index contributed by atoms with van der Waals surface area (Å²) >= 11 is 0. The maximum Gasteiger partial charge on any atom is 0.0535 e. The summed E-state index contributed by atoms with van der Waals surface area (Å²) in [6.45, 7) is 0. The lowest BCUT2D eigenvalue weighted by Crippen LogP contribution is -1.92. The van der Waals surface area contributed by atoms with Gasteiger partial charge < -0.3 is 4.57 Å². The minimum Gasteiger partial charge on any atom is -0.316 e. The molecule has 0 fully saturated rings. The molecule has 0 saturated heterocycles. The van der Waals surface area contributed by atoms with Crippen LogP contribution >= 0.6 is 0 Å². The molecule has 0 unspecified atom stereocenters. The van der Waals surface area contributed by atoms with E-state index in [-0.39, 0.29) is 0 Å². The predicted molar refractivity (Wildman–Crippen MR) is 267 cm³/mol. The van der Waals surface area contributed by atoms with Crippen molar-refractivity contribution in [1.29, 1.82) is 0 Å². The Morgan fingerprint density at radius 1 is 0.206 bits per heavy atom. The van der Waals surface area contributed by atoms with E-state index < -0.39 is 0 Å². The zero-order valence-electron chi connectivity index (χ0n) is 34.8. The Balaban J connectivity index is 1.08. The minimum absolute atomic E-state index is 1.11. The van der Waals surface area contributed by atoms with Gasteiger partial charge in [0.15, 0.2) is 0 Å². The summed E-state index contributed by atoms with van der Waals surface area (Å²) in [4.78, 5) is 0. The lowest BCUT2D eigenvalue weighted by Gasteiger charge is -2.13. The second kappa shape index (κ2) is 16.7. The van der Waals surface area contributed by atoms with Crippen molar-refractivity contribution >= 4 is 10.9 Å². The molecule has 1 heterocycles. The van der Waals surface area contributed by atoms with Gasteiger partial charge in [-0.05, 0) is 144 Å². The smallest absolute Gasteiger partial charge is 0.0535 e. The Morgan fingerprint density at radius 2 is 0.492 bits per heavy atom. The molecule has 0 atom stereocenters. The highest BCUT2D eigenvalue weighted by Crippen LogP contribution is 2.41. The van der Waals surface area contributed by atoms with E-state index in [4.69, 9.17) is 0 Å². The molecule has 0 N–H and O–H groups in total. The van der Waals surface area contributed by atoms with Crippen molar-refractivity contribution in [2.45, 2.75) is 0 Å². The van der Waals surface area contributed by atoms with Crippen LogP contribution in [0.25, 0.3) is 106 Å². The number of hydrogen-bond acceptors (Lipinski definition) is 0. The zero-order chi connectivity index (χ0) is 42.0. The average Bonchev–Trinajstić information content (AvgIpc) is 3.76. The third-order valence-electron chi connectivity index (χ3n) is 12.2. The van der Waals surface area contributed by atoms with Crippen LogP contribution in [-0.4, -0.2) is 4.57 Å². The zero-order valence-corrected chi connectivity index (χ0v) is 34.8. The first-order valence-electron chi connectivity index (χ1n) is 21.6. The van der Waals surface area contributed by atoms with Crippen molar-refractivity contribution in [3.63, 3.8) is 0 Å². The van der Waals surface area contributed by atoms with E-state index in [1.54, 1.807) is 0 Å². The maximum atomic E-state index is 2.40. The van der Waals surface area contributed by atoms with Gasteiger partial charge in [0.25, 0.3) is 0 Å². The number of rotatable bonds is 9. The fraction of sp³-hybridized carbons (Fsp3) is 0. The molecular weight excluding hydrogens is 759 g/mol. The first kappa shape index (κ1) is 37.7. The van der Waals surface area contributed by atoms with Gasteiger partial charge >= 0.3 is 0 Å². The van der Waals surface area contributed by atoms with Crippen LogP contribution in [0, 0.1) is 0 Å². The highest BCUT2D eigenvalue weighted by atomic mass is 15.0. The van der Waals surface area contributed by atoms with Crippen LogP contribution in [0.3, 0.4) is 0 Å². The van der Waals surface area contributed by atoms with Crippen molar-refractivity contribution in [3.05, 3.63) is 261 Å². The molecule has 0 bridgehead atoms. The Kier molecular flexibility index (Phi) is 9.97. The fourth-order valence-electron chi connectivity index (χ4n) is 8.92. The van der Waals surface area contributed by atoms with Gasteiger partial charge in [0, 0.05) is 22.8 Å². The summed E-state index contributed by atoms with van der Waals surface area (Å²) in [6.07, 6.45) is 2.34. The van der Waals surface area contributed by atoms with Gasteiger partial charge in [-0.2, -0.15) is 0 Å². The molecule has 296 valence electrons. The largest absolute Gasteiger partial charge is 0.316 e. The first-order valence-corrected chi connectivity index (χ1v) is 21.6. The topological polar surface area (TPSA) is 4.93 Å². The highest BCUT2D eigenvalue weighted by Gasteiger charge is 2.17. The third-order valence-corrected chi connectivity index (χ3v) is 12.2. The van der Waals surface area contributed by atoms with Gasteiger partial charge in [-0.1, -0.05) is 194 Å². The second-order valence-electron chi connectivity index (χ2n) is 16.2. The SMILES string of the molecule is c1ccc(-c2ccc(-c3ccc(-n4cc(-c5cc(-c6ccccc6)cc(-c6ccccc6)c5)c5cc(-c6cc(-c7ccccc7)cc(-c7ccccc7)c6)ccc54)cc3)cc2)cc1. The number of fused-ring (bicyclic) bond motifs is 1. The molecule has 10 aromatic carbocycles. The number of aromatic nitrogens is 1. The van der Waals surface area contributed by atoms with Crippen molar-refractivity contribution in [2.75, 3.05) is 0 Å². The van der Waals surface area contributed by atoms with Gasteiger partial charge in [0.05, 0.1) is 5.52 Å². The Hall–Kier alpha value is -8.26. The standard InChI is InChI=1S/C62H43N/c1-6-16-44(17-7-1)49-26-28-50(29-27-49)51-30-33-59(34-31-51)63-43-61(58-40-55(47-22-12-4-13-23-47)37-56(41-58)48-24-14-5-15-25-48)60-42-52(32-35-62(60)63)57-38-53(45-18-8-2-9-19-45)36-54(39-57)46-20-10-3-11-21-46/h1-43H. The second-order valence-corrected chi connectivity index (χ2v) is 16.2. The Labute approximate surface area is 369 Å². The number of hydrogen-bond donors (Lipinski definition) is 0. The van der Waals surface area contributed by atoms with Crippen LogP contribution in [0.5, 0.6) is 0 Å². The van der Waals surface area contributed by atoms with Crippen LogP contribution in [0.15, 0.2) is 261 Å². The van der Waals surface area contributed by atoms with Gasteiger partial charge in [-0.15, -0.1) is 0 Å². The molecule has 0 aliphatic rings. The van der Waals surface area contributed by atoms with Crippen LogP contribution < -0.4 is 0 Å². The summed E-state index contributed by atoms with van der Waals surface area (Å²) in [5.74, 6) is 0. The molecule has 0 radical (unpaired) electrons. The van der Waals surface area contributed by atoms with Crippen LogP contribution in [0.4, 0.5) is 0 Å². The maximum absolute atomic E-state index is 2.40. The van der Waals surface area contributed by atoms with Crippen LogP contribution in [0.1, 0.15) is 0 Å². The molecule has 63 heavy (non-hydrogen) atoms. The number of nitrogens with zero attached hydrogens (tertiary/aromatic N) is 1. The summed E-state index contributed by atoms with van der Waals surface area (Å²) in [5, 5.41) is 1.20. The highest BCUT2D eigenvalue weighted by molar-refractivity contribution is 6.01. The molecule has 0 aliphatic carbocycles.